The second kappa shape index (κ2) is 11.3. The summed E-state index contributed by atoms with van der Waals surface area (Å²) in [6.45, 7) is 9.29. The van der Waals surface area contributed by atoms with Crippen LogP contribution in [0.15, 0.2) is 0 Å². The Hall–Kier alpha value is -1.63. The molecule has 2 N–H and O–H groups in total. The Morgan fingerprint density at radius 3 is 2.30 bits per heavy atom. The van der Waals surface area contributed by atoms with E-state index in [4.69, 9.17) is 9.47 Å². The second-order valence-electron chi connectivity index (χ2n) is 8.35. The Labute approximate surface area is 162 Å². The van der Waals surface area contributed by atoms with Gasteiger partial charge >= 0.3 is 5.97 Å². The van der Waals surface area contributed by atoms with Crippen molar-refractivity contribution in [3.63, 3.8) is 0 Å². The van der Waals surface area contributed by atoms with Gasteiger partial charge in [-0.15, -0.1) is 0 Å². The minimum Gasteiger partial charge on any atom is -0.460 e. The van der Waals surface area contributed by atoms with Crippen molar-refractivity contribution in [2.45, 2.75) is 90.9 Å². The molecule has 27 heavy (non-hydrogen) atoms. The number of esters is 1. The Morgan fingerprint density at radius 2 is 1.74 bits per heavy atom. The van der Waals surface area contributed by atoms with E-state index in [9.17, 15) is 14.4 Å². The van der Waals surface area contributed by atoms with Crippen molar-refractivity contribution in [2.24, 2.45) is 5.92 Å². The number of amides is 2. The van der Waals surface area contributed by atoms with Crippen molar-refractivity contribution in [2.75, 3.05) is 13.2 Å². The van der Waals surface area contributed by atoms with Crippen LogP contribution in [0.2, 0.25) is 0 Å². The molecule has 1 saturated carbocycles. The highest BCUT2D eigenvalue weighted by Gasteiger charge is 2.28. The number of rotatable bonds is 9. The summed E-state index contributed by atoms with van der Waals surface area (Å²) in [5.74, 6) is -0.504. The molecule has 0 radical (unpaired) electrons. The fraction of sp³-hybridized carbons (Fsp3) is 0.850. The van der Waals surface area contributed by atoms with Crippen molar-refractivity contribution >= 4 is 17.8 Å². The van der Waals surface area contributed by atoms with Gasteiger partial charge in [-0.2, -0.15) is 0 Å². The summed E-state index contributed by atoms with van der Waals surface area (Å²) in [4.78, 5) is 35.7. The molecule has 1 fully saturated rings. The third-order valence-electron chi connectivity index (χ3n) is 4.48. The van der Waals surface area contributed by atoms with Crippen molar-refractivity contribution < 1.29 is 23.9 Å². The van der Waals surface area contributed by atoms with Gasteiger partial charge in [0, 0.05) is 20.1 Å². The molecule has 0 aromatic heterocycles. The average molecular weight is 385 g/mol. The lowest BCUT2D eigenvalue weighted by Crippen LogP contribution is -2.53. The number of carbonyl (C=O) groups is 3. The number of hydrogen-bond acceptors (Lipinski definition) is 5. The summed E-state index contributed by atoms with van der Waals surface area (Å²) in [5.41, 5.74) is -0.554. The van der Waals surface area contributed by atoms with Crippen LogP contribution in [0.5, 0.6) is 0 Å². The van der Waals surface area contributed by atoms with Crippen LogP contribution in [0.3, 0.4) is 0 Å². The summed E-state index contributed by atoms with van der Waals surface area (Å²) in [5, 5.41) is 5.34. The third-order valence-corrected chi connectivity index (χ3v) is 4.48. The Kier molecular flexibility index (Phi) is 9.77. The highest BCUT2D eigenvalue weighted by atomic mass is 16.6. The molecule has 0 saturated heterocycles. The van der Waals surface area contributed by atoms with Gasteiger partial charge in [0.1, 0.15) is 11.6 Å². The first kappa shape index (κ1) is 23.4. The first-order valence-electron chi connectivity index (χ1n) is 9.96. The highest BCUT2D eigenvalue weighted by Crippen LogP contribution is 2.24. The lowest BCUT2D eigenvalue weighted by Gasteiger charge is -2.27. The predicted molar refractivity (Wildman–Crippen MR) is 103 cm³/mol. The van der Waals surface area contributed by atoms with Gasteiger partial charge in [-0.3, -0.25) is 14.4 Å². The van der Waals surface area contributed by atoms with Gasteiger partial charge in [0.05, 0.1) is 12.5 Å². The molecule has 0 bridgehead atoms. The average Bonchev–Trinajstić information content (AvgIpc) is 2.56. The van der Waals surface area contributed by atoms with Gasteiger partial charge < -0.3 is 20.1 Å². The number of nitrogens with one attached hydrogen (secondary N) is 2. The zero-order valence-electron chi connectivity index (χ0n) is 17.4. The molecule has 0 heterocycles. The van der Waals surface area contributed by atoms with Crippen molar-refractivity contribution in [3.8, 4) is 0 Å². The topological polar surface area (TPSA) is 93.7 Å². The maximum atomic E-state index is 12.5. The van der Waals surface area contributed by atoms with E-state index in [1.54, 1.807) is 27.7 Å². The zero-order chi connectivity index (χ0) is 20.4. The van der Waals surface area contributed by atoms with Crippen LogP contribution in [-0.2, 0) is 23.9 Å². The van der Waals surface area contributed by atoms with Crippen LogP contribution >= 0.6 is 0 Å². The molecule has 0 aliphatic heterocycles. The molecule has 7 heteroatoms. The van der Waals surface area contributed by atoms with Gasteiger partial charge in [0.15, 0.2) is 0 Å². The molecule has 1 aliphatic rings. The van der Waals surface area contributed by atoms with E-state index in [1.807, 2.05) is 0 Å². The van der Waals surface area contributed by atoms with Crippen molar-refractivity contribution in [1.29, 1.82) is 0 Å². The first-order chi connectivity index (χ1) is 12.6. The molecule has 2 atom stereocenters. The van der Waals surface area contributed by atoms with E-state index >= 15 is 0 Å². The summed E-state index contributed by atoms with van der Waals surface area (Å²) in [7, 11) is 0. The lowest BCUT2D eigenvalue weighted by molar-refractivity contribution is -0.154. The summed E-state index contributed by atoms with van der Waals surface area (Å²) in [6, 6.07) is -0.787. The smallest absolute Gasteiger partial charge is 0.308 e. The molecule has 1 aliphatic carbocycles. The maximum absolute atomic E-state index is 12.5. The number of ether oxygens (including phenoxy) is 2. The van der Waals surface area contributed by atoms with Gasteiger partial charge in [0.25, 0.3) is 0 Å². The predicted octanol–water partition coefficient (Wildman–Crippen LogP) is 2.32. The first-order valence-corrected chi connectivity index (χ1v) is 9.96. The second-order valence-corrected chi connectivity index (χ2v) is 8.35. The minimum atomic E-state index is -0.787. The van der Waals surface area contributed by atoms with Gasteiger partial charge in [0.2, 0.25) is 11.8 Å². The summed E-state index contributed by atoms with van der Waals surface area (Å²) < 4.78 is 11.1. The Morgan fingerprint density at radius 1 is 1.11 bits per heavy atom. The number of carbonyl (C=O) groups excluding carboxylic acids is 3. The van der Waals surface area contributed by atoms with E-state index < -0.39 is 17.7 Å². The molecule has 0 aromatic rings. The molecule has 2 amide bonds. The van der Waals surface area contributed by atoms with Crippen LogP contribution in [0.25, 0.3) is 0 Å². The molecule has 7 nitrogen and oxygen atoms in total. The fourth-order valence-electron chi connectivity index (χ4n) is 3.14. The molecule has 1 rings (SSSR count). The summed E-state index contributed by atoms with van der Waals surface area (Å²) in [6.07, 6.45) is 5.66. The SMILES string of the molecule is CC(=O)NC(C(=O)NCCC(=O)OC(C)(C)C)C(C)OCC1CCCCC1. The van der Waals surface area contributed by atoms with Crippen molar-refractivity contribution in [3.05, 3.63) is 0 Å². The quantitative estimate of drug-likeness (QED) is 0.595. The minimum absolute atomic E-state index is 0.0765. The largest absolute Gasteiger partial charge is 0.460 e. The maximum Gasteiger partial charge on any atom is 0.308 e. The molecular weight excluding hydrogens is 348 g/mol. The van der Waals surface area contributed by atoms with E-state index in [-0.39, 0.29) is 30.7 Å². The van der Waals surface area contributed by atoms with E-state index in [2.05, 4.69) is 10.6 Å². The molecule has 0 spiro atoms. The van der Waals surface area contributed by atoms with Gasteiger partial charge in [-0.05, 0) is 46.5 Å². The van der Waals surface area contributed by atoms with E-state index in [1.165, 1.54) is 26.2 Å². The molecule has 156 valence electrons. The van der Waals surface area contributed by atoms with Crippen LogP contribution in [0, 0.1) is 5.92 Å². The van der Waals surface area contributed by atoms with E-state index in [0.717, 1.165) is 12.8 Å². The van der Waals surface area contributed by atoms with Gasteiger partial charge in [-0.25, -0.2) is 0 Å². The Balaban J connectivity index is 2.46. The molecule has 0 aromatic carbocycles. The standard InChI is InChI=1S/C20H36N2O5/c1-14(26-13-16-9-7-6-8-10-16)18(22-15(2)23)19(25)21-12-11-17(24)27-20(3,4)5/h14,16,18H,6-13H2,1-5H3,(H,21,25)(H,22,23). The van der Waals surface area contributed by atoms with Gasteiger partial charge in [-0.1, -0.05) is 19.3 Å². The number of hydrogen-bond donors (Lipinski definition) is 2. The zero-order valence-corrected chi connectivity index (χ0v) is 17.4. The molecule has 2 unspecified atom stereocenters. The lowest BCUT2D eigenvalue weighted by atomic mass is 9.90. The molecular formula is C20H36N2O5. The monoisotopic (exact) mass is 384 g/mol. The fourth-order valence-corrected chi connectivity index (χ4v) is 3.14. The highest BCUT2D eigenvalue weighted by molar-refractivity contribution is 5.87. The van der Waals surface area contributed by atoms with Crippen LogP contribution in [-0.4, -0.2) is 48.7 Å². The van der Waals surface area contributed by atoms with Crippen LogP contribution in [0.4, 0.5) is 0 Å². The van der Waals surface area contributed by atoms with Crippen molar-refractivity contribution in [1.82, 2.24) is 10.6 Å². The van der Waals surface area contributed by atoms with E-state index in [0.29, 0.717) is 12.5 Å². The normalized spacial score (nSPS) is 17.7. The van der Waals surface area contributed by atoms with Crippen LogP contribution in [0.1, 0.15) is 73.1 Å². The Bertz CT molecular complexity index is 495. The van der Waals surface area contributed by atoms with Crippen LogP contribution < -0.4 is 10.6 Å². The summed E-state index contributed by atoms with van der Waals surface area (Å²) >= 11 is 0. The third kappa shape index (κ3) is 10.3.